The van der Waals surface area contributed by atoms with Gasteiger partial charge in [0.05, 0.1) is 0 Å². The van der Waals surface area contributed by atoms with E-state index in [0.717, 1.165) is 41.6 Å². The molecule has 0 spiro atoms. The Morgan fingerprint density at radius 1 is 1.04 bits per heavy atom. The zero-order valence-corrected chi connectivity index (χ0v) is 15.4. The summed E-state index contributed by atoms with van der Waals surface area (Å²) in [5.41, 5.74) is -0.513. The van der Waals surface area contributed by atoms with Crippen LogP contribution in [0.4, 0.5) is 8.78 Å². The summed E-state index contributed by atoms with van der Waals surface area (Å²) in [7, 11) is 2.08. The largest absolute Gasteiger partial charge is 0.379 e. The lowest BCUT2D eigenvalue weighted by Gasteiger charge is -2.41. The number of likely N-dealkylation sites (tertiary alicyclic amines) is 1. The number of benzene rings is 2. The molecule has 136 valence electrons. The molecule has 4 rings (SSSR count). The van der Waals surface area contributed by atoms with E-state index >= 15 is 0 Å². The summed E-state index contributed by atoms with van der Waals surface area (Å²) in [6.45, 7) is 1.82. The Morgan fingerprint density at radius 3 is 2.38 bits per heavy atom. The van der Waals surface area contributed by atoms with Crippen molar-refractivity contribution in [3.8, 4) is 0 Å². The van der Waals surface area contributed by atoms with Crippen LogP contribution in [0.25, 0.3) is 10.8 Å². The van der Waals surface area contributed by atoms with E-state index in [9.17, 15) is 13.9 Å². The predicted octanol–water partition coefficient (Wildman–Crippen LogP) is 4.76. The Kier molecular flexibility index (Phi) is 4.55. The highest BCUT2D eigenvalue weighted by Crippen LogP contribution is 2.47. The molecule has 0 radical (unpaired) electrons. The van der Waals surface area contributed by atoms with Crippen LogP contribution in [0.1, 0.15) is 23.3 Å². The first-order valence-electron chi connectivity index (χ1n) is 8.82. The maximum absolute atomic E-state index is 13.6. The topological polar surface area (TPSA) is 23.5 Å². The van der Waals surface area contributed by atoms with Crippen LogP contribution in [0, 0.1) is 17.6 Å². The van der Waals surface area contributed by atoms with Crippen LogP contribution >= 0.6 is 11.3 Å². The summed E-state index contributed by atoms with van der Waals surface area (Å²) >= 11 is 1.45. The molecule has 1 unspecified atom stereocenters. The second-order valence-corrected chi connectivity index (χ2v) is 8.03. The second-order valence-electron chi connectivity index (χ2n) is 7.15. The highest BCUT2D eigenvalue weighted by atomic mass is 32.1. The lowest BCUT2D eigenvalue weighted by atomic mass is 9.74. The number of hydrogen-bond donors (Lipinski definition) is 1. The summed E-state index contributed by atoms with van der Waals surface area (Å²) in [6, 6.07) is 10.8. The summed E-state index contributed by atoms with van der Waals surface area (Å²) in [4.78, 5) is 3.07. The normalized spacial score (nSPS) is 18.9. The van der Waals surface area contributed by atoms with Gasteiger partial charge >= 0.3 is 0 Å². The molecule has 0 amide bonds. The maximum Gasteiger partial charge on any atom is 0.127 e. The van der Waals surface area contributed by atoms with Crippen LogP contribution in [0.3, 0.4) is 0 Å². The number of piperidine rings is 1. The molecule has 1 aliphatic rings. The van der Waals surface area contributed by atoms with Gasteiger partial charge < -0.3 is 10.0 Å². The number of halogens is 2. The van der Waals surface area contributed by atoms with E-state index in [1.54, 1.807) is 18.2 Å². The van der Waals surface area contributed by atoms with Gasteiger partial charge in [0.15, 0.2) is 0 Å². The molecule has 0 saturated carbocycles. The summed E-state index contributed by atoms with van der Waals surface area (Å²) in [5, 5.41) is 15.5. The Bertz CT molecular complexity index is 915. The van der Waals surface area contributed by atoms with Gasteiger partial charge in [0.1, 0.15) is 17.2 Å². The van der Waals surface area contributed by atoms with Gasteiger partial charge in [0.25, 0.3) is 0 Å². The number of rotatable bonds is 3. The van der Waals surface area contributed by atoms with Gasteiger partial charge in [-0.3, -0.25) is 0 Å². The molecule has 2 heterocycles. The number of thiophene rings is 1. The number of aliphatic hydroxyl groups is 1. The van der Waals surface area contributed by atoms with E-state index in [-0.39, 0.29) is 17.6 Å². The molecule has 1 saturated heterocycles. The summed E-state index contributed by atoms with van der Waals surface area (Å²) in [5.74, 6) is -0.583. The molecule has 3 aromatic rings. The van der Waals surface area contributed by atoms with E-state index in [4.69, 9.17) is 0 Å². The van der Waals surface area contributed by atoms with E-state index in [1.807, 2.05) is 5.38 Å². The summed E-state index contributed by atoms with van der Waals surface area (Å²) < 4.78 is 27.1. The van der Waals surface area contributed by atoms with Crippen LogP contribution in [0.5, 0.6) is 0 Å². The monoisotopic (exact) mass is 373 g/mol. The Labute approximate surface area is 155 Å². The van der Waals surface area contributed by atoms with Gasteiger partial charge in [-0.2, -0.15) is 0 Å². The Balaban J connectivity index is 1.88. The van der Waals surface area contributed by atoms with E-state index in [1.165, 1.54) is 35.6 Å². The highest BCUT2D eigenvalue weighted by molar-refractivity contribution is 7.11. The smallest absolute Gasteiger partial charge is 0.127 e. The van der Waals surface area contributed by atoms with Crippen molar-refractivity contribution in [3.05, 3.63) is 69.9 Å². The van der Waals surface area contributed by atoms with Crippen molar-refractivity contribution in [2.24, 2.45) is 5.92 Å². The predicted molar refractivity (Wildman–Crippen MR) is 101 cm³/mol. The van der Waals surface area contributed by atoms with E-state index in [0.29, 0.717) is 5.56 Å². The molecule has 5 heteroatoms. The third-order valence-electron chi connectivity index (χ3n) is 5.50. The second kappa shape index (κ2) is 6.72. The number of fused-ring (bicyclic) bond motifs is 1. The molecule has 2 nitrogen and oxygen atoms in total. The standard InChI is InChI=1S/C21H21F2NOS/c1-24-10-8-16(9-11-24)21(25,15-2-4-17(22)5-3-15)20-19-7-6-18(23)12-14(19)13-26-20/h2-7,12-13,16,25H,8-11H2,1H3. The molecule has 1 atom stereocenters. The van der Waals surface area contributed by atoms with Gasteiger partial charge in [0, 0.05) is 4.88 Å². The first-order chi connectivity index (χ1) is 12.5. The third kappa shape index (κ3) is 2.94. The molecule has 0 bridgehead atoms. The molecule has 1 fully saturated rings. The maximum atomic E-state index is 13.6. The minimum atomic E-state index is -1.21. The third-order valence-corrected chi connectivity index (χ3v) is 6.64. The lowest BCUT2D eigenvalue weighted by Crippen LogP contribution is -2.42. The van der Waals surface area contributed by atoms with Crippen molar-refractivity contribution in [2.45, 2.75) is 18.4 Å². The van der Waals surface area contributed by atoms with Crippen molar-refractivity contribution in [1.82, 2.24) is 4.90 Å². The van der Waals surface area contributed by atoms with Gasteiger partial charge in [-0.15, -0.1) is 11.3 Å². The molecule has 1 aromatic heterocycles. The Morgan fingerprint density at radius 2 is 1.69 bits per heavy atom. The molecule has 26 heavy (non-hydrogen) atoms. The van der Waals surface area contributed by atoms with Crippen molar-refractivity contribution >= 4 is 22.1 Å². The molecule has 1 aliphatic heterocycles. The van der Waals surface area contributed by atoms with Crippen molar-refractivity contribution in [2.75, 3.05) is 20.1 Å². The first kappa shape index (κ1) is 17.6. The fourth-order valence-electron chi connectivity index (χ4n) is 4.00. The SMILES string of the molecule is CN1CCC(C(O)(c2ccc(F)cc2)c2scc3cc(F)ccc23)CC1. The van der Waals surface area contributed by atoms with E-state index in [2.05, 4.69) is 11.9 Å². The fraction of sp³-hybridized carbons (Fsp3) is 0.333. The van der Waals surface area contributed by atoms with Crippen LogP contribution in [-0.2, 0) is 5.60 Å². The minimum Gasteiger partial charge on any atom is -0.379 e. The molecule has 0 aliphatic carbocycles. The highest BCUT2D eigenvalue weighted by Gasteiger charge is 2.43. The van der Waals surface area contributed by atoms with Gasteiger partial charge in [0.2, 0.25) is 0 Å². The van der Waals surface area contributed by atoms with Crippen LogP contribution in [0.2, 0.25) is 0 Å². The first-order valence-corrected chi connectivity index (χ1v) is 9.70. The van der Waals surface area contributed by atoms with Crippen LogP contribution in [0.15, 0.2) is 47.8 Å². The number of hydrogen-bond acceptors (Lipinski definition) is 3. The lowest BCUT2D eigenvalue weighted by molar-refractivity contribution is -0.00693. The number of nitrogens with zero attached hydrogens (tertiary/aromatic N) is 1. The van der Waals surface area contributed by atoms with Crippen molar-refractivity contribution in [3.63, 3.8) is 0 Å². The quantitative estimate of drug-likeness (QED) is 0.716. The van der Waals surface area contributed by atoms with Gasteiger partial charge in [-0.1, -0.05) is 18.2 Å². The summed E-state index contributed by atoms with van der Waals surface area (Å²) in [6.07, 6.45) is 1.70. The molecule has 1 N–H and O–H groups in total. The fourth-order valence-corrected chi connectivity index (χ4v) is 5.22. The molecular formula is C21H21F2NOS. The van der Waals surface area contributed by atoms with Gasteiger partial charge in [-0.05, 0) is 84.9 Å². The zero-order valence-electron chi connectivity index (χ0n) is 14.6. The average molecular weight is 373 g/mol. The zero-order chi connectivity index (χ0) is 18.3. The Hall–Kier alpha value is -1.82. The van der Waals surface area contributed by atoms with E-state index < -0.39 is 5.60 Å². The van der Waals surface area contributed by atoms with Crippen molar-refractivity contribution in [1.29, 1.82) is 0 Å². The minimum absolute atomic E-state index is 0.0241. The van der Waals surface area contributed by atoms with Crippen molar-refractivity contribution < 1.29 is 13.9 Å². The van der Waals surface area contributed by atoms with Gasteiger partial charge in [-0.25, -0.2) is 8.78 Å². The van der Waals surface area contributed by atoms with Crippen LogP contribution in [-0.4, -0.2) is 30.1 Å². The van der Waals surface area contributed by atoms with Crippen LogP contribution < -0.4 is 0 Å². The average Bonchev–Trinajstić information content (AvgIpc) is 3.05. The molecule has 2 aromatic carbocycles. The molecular weight excluding hydrogens is 352 g/mol.